The average molecular weight is 437 g/mol. The van der Waals surface area contributed by atoms with E-state index in [0.29, 0.717) is 16.8 Å². The van der Waals surface area contributed by atoms with Gasteiger partial charge < -0.3 is 10.6 Å². The molecule has 28 heavy (non-hydrogen) atoms. The first kappa shape index (κ1) is 19.8. The molecular weight excluding hydrogens is 416 g/mol. The second-order valence-electron chi connectivity index (χ2n) is 6.60. The van der Waals surface area contributed by atoms with Gasteiger partial charge in [-0.2, -0.15) is 0 Å². The normalized spacial score (nSPS) is 11.5. The molecule has 3 aromatic carbocycles. The zero-order valence-electron chi connectivity index (χ0n) is 15.5. The van der Waals surface area contributed by atoms with Crippen LogP contribution in [0.4, 0.5) is 5.69 Å². The maximum absolute atomic E-state index is 12.4. The smallest absolute Gasteiger partial charge is 0.255 e. The van der Waals surface area contributed by atoms with E-state index < -0.39 is 0 Å². The maximum atomic E-state index is 12.4. The molecule has 5 heteroatoms. The summed E-state index contributed by atoms with van der Waals surface area (Å²) in [4.78, 5) is 24.6. The van der Waals surface area contributed by atoms with Gasteiger partial charge in [-0.15, -0.1) is 0 Å². The van der Waals surface area contributed by atoms with Gasteiger partial charge in [0.05, 0.1) is 0 Å². The van der Waals surface area contributed by atoms with Gasteiger partial charge in [-0.3, -0.25) is 9.59 Å². The van der Waals surface area contributed by atoms with Crippen LogP contribution in [-0.2, 0) is 6.42 Å². The van der Waals surface area contributed by atoms with Crippen molar-refractivity contribution in [3.63, 3.8) is 0 Å². The maximum Gasteiger partial charge on any atom is 0.255 e. The van der Waals surface area contributed by atoms with Crippen LogP contribution in [0.3, 0.4) is 0 Å². The standard InChI is InChI=1S/C23H21BrN2O2/c1-16(15-17-7-11-20(24)12-8-17)25-22(27)19-9-13-21(14-10-19)26-23(28)18-5-3-2-4-6-18/h2-14,16H,15H2,1H3,(H,25,27)(H,26,28). The van der Waals surface area contributed by atoms with E-state index in [1.165, 1.54) is 0 Å². The molecule has 3 aromatic rings. The van der Waals surface area contributed by atoms with E-state index in [1.807, 2.05) is 49.4 Å². The van der Waals surface area contributed by atoms with Crippen LogP contribution in [0.25, 0.3) is 0 Å². The van der Waals surface area contributed by atoms with E-state index in [4.69, 9.17) is 0 Å². The number of hydrogen-bond acceptors (Lipinski definition) is 2. The van der Waals surface area contributed by atoms with Crippen molar-refractivity contribution in [3.05, 3.63) is 100 Å². The minimum atomic E-state index is -0.180. The summed E-state index contributed by atoms with van der Waals surface area (Å²) < 4.78 is 1.03. The Bertz CT molecular complexity index is 939. The molecule has 1 unspecified atom stereocenters. The molecule has 3 rings (SSSR count). The lowest BCUT2D eigenvalue weighted by molar-refractivity contribution is 0.0939. The predicted molar refractivity (Wildman–Crippen MR) is 116 cm³/mol. The first-order valence-corrected chi connectivity index (χ1v) is 9.82. The van der Waals surface area contributed by atoms with Crippen LogP contribution in [-0.4, -0.2) is 17.9 Å². The summed E-state index contributed by atoms with van der Waals surface area (Å²) in [5, 5.41) is 5.84. The van der Waals surface area contributed by atoms with E-state index >= 15 is 0 Å². The third kappa shape index (κ3) is 5.54. The van der Waals surface area contributed by atoms with Gasteiger partial charge in [0.1, 0.15) is 0 Å². The summed E-state index contributed by atoms with van der Waals surface area (Å²) in [6.45, 7) is 1.98. The van der Waals surface area contributed by atoms with Crippen LogP contribution >= 0.6 is 15.9 Å². The third-order valence-electron chi connectivity index (χ3n) is 4.27. The highest BCUT2D eigenvalue weighted by molar-refractivity contribution is 9.10. The van der Waals surface area contributed by atoms with Gasteiger partial charge in [0, 0.05) is 27.3 Å². The largest absolute Gasteiger partial charge is 0.349 e. The number of rotatable bonds is 6. The molecule has 0 aliphatic heterocycles. The second kappa shape index (κ2) is 9.33. The molecular formula is C23H21BrN2O2. The molecule has 1 atom stereocenters. The molecule has 0 heterocycles. The molecule has 2 N–H and O–H groups in total. The van der Waals surface area contributed by atoms with Crippen LogP contribution in [0, 0.1) is 0 Å². The Balaban J connectivity index is 1.55. The number of carbonyl (C=O) groups is 2. The SMILES string of the molecule is CC(Cc1ccc(Br)cc1)NC(=O)c1ccc(NC(=O)c2ccccc2)cc1. The Hall–Kier alpha value is -2.92. The quantitative estimate of drug-likeness (QED) is 0.566. The van der Waals surface area contributed by atoms with Gasteiger partial charge in [-0.25, -0.2) is 0 Å². The van der Waals surface area contributed by atoms with Crippen LogP contribution in [0.2, 0.25) is 0 Å². The van der Waals surface area contributed by atoms with Gasteiger partial charge in [-0.05, 0) is 67.4 Å². The highest BCUT2D eigenvalue weighted by atomic mass is 79.9. The Morgan fingerprint density at radius 3 is 2.07 bits per heavy atom. The lowest BCUT2D eigenvalue weighted by Gasteiger charge is -2.14. The van der Waals surface area contributed by atoms with E-state index in [2.05, 4.69) is 26.6 Å². The van der Waals surface area contributed by atoms with Crippen molar-refractivity contribution in [2.45, 2.75) is 19.4 Å². The van der Waals surface area contributed by atoms with Crippen molar-refractivity contribution < 1.29 is 9.59 Å². The molecule has 4 nitrogen and oxygen atoms in total. The molecule has 0 spiro atoms. The Labute approximate surface area is 173 Å². The first-order valence-electron chi connectivity index (χ1n) is 9.03. The van der Waals surface area contributed by atoms with Gasteiger partial charge >= 0.3 is 0 Å². The minimum Gasteiger partial charge on any atom is -0.349 e. The average Bonchev–Trinajstić information content (AvgIpc) is 2.71. The molecule has 0 saturated heterocycles. The molecule has 0 fully saturated rings. The topological polar surface area (TPSA) is 58.2 Å². The number of benzene rings is 3. The van der Waals surface area contributed by atoms with Crippen LogP contribution in [0.5, 0.6) is 0 Å². The van der Waals surface area contributed by atoms with Crippen LogP contribution in [0.1, 0.15) is 33.2 Å². The molecule has 0 bridgehead atoms. The Morgan fingerprint density at radius 1 is 0.821 bits per heavy atom. The van der Waals surface area contributed by atoms with Crippen molar-refractivity contribution in [1.82, 2.24) is 5.32 Å². The summed E-state index contributed by atoms with van der Waals surface area (Å²) in [5.41, 5.74) is 2.95. The number of anilines is 1. The molecule has 0 saturated carbocycles. The number of amides is 2. The van der Waals surface area contributed by atoms with Crippen LogP contribution in [0.15, 0.2) is 83.3 Å². The Morgan fingerprint density at radius 2 is 1.43 bits per heavy atom. The van der Waals surface area contributed by atoms with E-state index in [1.54, 1.807) is 36.4 Å². The fourth-order valence-corrected chi connectivity index (χ4v) is 3.09. The Kier molecular flexibility index (Phi) is 6.61. The zero-order chi connectivity index (χ0) is 19.9. The molecule has 0 aliphatic rings. The van der Waals surface area contributed by atoms with Crippen molar-refractivity contribution in [2.75, 3.05) is 5.32 Å². The van der Waals surface area contributed by atoms with E-state index in [0.717, 1.165) is 16.5 Å². The lowest BCUT2D eigenvalue weighted by Crippen LogP contribution is -2.34. The first-order chi connectivity index (χ1) is 13.5. The summed E-state index contributed by atoms with van der Waals surface area (Å²) in [6.07, 6.45) is 0.754. The van der Waals surface area contributed by atoms with Gasteiger partial charge in [0.15, 0.2) is 0 Å². The number of halogens is 1. The highest BCUT2D eigenvalue weighted by Crippen LogP contribution is 2.14. The molecule has 142 valence electrons. The van der Waals surface area contributed by atoms with Gasteiger partial charge in [0.2, 0.25) is 0 Å². The van der Waals surface area contributed by atoms with E-state index in [-0.39, 0.29) is 17.9 Å². The van der Waals surface area contributed by atoms with Crippen molar-refractivity contribution >= 4 is 33.4 Å². The monoisotopic (exact) mass is 436 g/mol. The molecule has 2 amide bonds. The number of hydrogen-bond donors (Lipinski definition) is 2. The third-order valence-corrected chi connectivity index (χ3v) is 4.80. The van der Waals surface area contributed by atoms with E-state index in [9.17, 15) is 9.59 Å². The second-order valence-corrected chi connectivity index (χ2v) is 7.52. The van der Waals surface area contributed by atoms with Gasteiger partial charge in [-0.1, -0.05) is 46.3 Å². The van der Waals surface area contributed by atoms with Gasteiger partial charge in [0.25, 0.3) is 11.8 Å². The number of nitrogens with one attached hydrogen (secondary N) is 2. The summed E-state index contributed by atoms with van der Waals surface area (Å²) >= 11 is 3.42. The minimum absolute atomic E-state index is 0.00568. The van der Waals surface area contributed by atoms with Crippen molar-refractivity contribution in [3.8, 4) is 0 Å². The van der Waals surface area contributed by atoms with Crippen molar-refractivity contribution in [1.29, 1.82) is 0 Å². The fourth-order valence-electron chi connectivity index (χ4n) is 2.83. The number of carbonyl (C=O) groups excluding carboxylic acids is 2. The zero-order valence-corrected chi connectivity index (χ0v) is 17.1. The summed E-state index contributed by atoms with van der Waals surface area (Å²) in [5.74, 6) is -0.313. The van der Waals surface area contributed by atoms with Crippen LogP contribution < -0.4 is 10.6 Å². The summed E-state index contributed by atoms with van der Waals surface area (Å²) in [7, 11) is 0. The lowest BCUT2D eigenvalue weighted by atomic mass is 10.1. The molecule has 0 aromatic heterocycles. The highest BCUT2D eigenvalue weighted by Gasteiger charge is 2.11. The molecule has 0 aliphatic carbocycles. The summed E-state index contributed by atoms with van der Waals surface area (Å²) in [6, 6.07) is 24.0. The predicted octanol–water partition coefficient (Wildman–Crippen LogP) is 5.06. The molecule has 0 radical (unpaired) electrons. The fraction of sp³-hybridized carbons (Fsp3) is 0.130. The van der Waals surface area contributed by atoms with Crippen molar-refractivity contribution in [2.24, 2.45) is 0 Å².